The van der Waals surface area contributed by atoms with Crippen molar-refractivity contribution >= 4 is 44.7 Å². The monoisotopic (exact) mass is 531 g/mol. The summed E-state index contributed by atoms with van der Waals surface area (Å²) >= 11 is 1.62. The fraction of sp³-hybridized carbons (Fsp3) is 0.483. The quantitative estimate of drug-likeness (QED) is 0.257. The number of rotatable bonds is 7. The van der Waals surface area contributed by atoms with E-state index in [4.69, 9.17) is 15.1 Å². The highest BCUT2D eigenvalue weighted by Crippen LogP contribution is 2.36. The third kappa shape index (κ3) is 4.90. The Hall–Kier alpha value is -3.01. The molecule has 0 radical (unpaired) electrons. The molecule has 1 aromatic carbocycles. The number of nitrogens with one attached hydrogen (secondary N) is 2. The highest BCUT2D eigenvalue weighted by Gasteiger charge is 2.33. The van der Waals surface area contributed by atoms with Crippen LogP contribution in [-0.4, -0.2) is 48.9 Å². The standard InChI is InChI=1S/C29H37N7OS/c1-17-16-38-27-24(17)26(30-21-8-6-7-20(15-21)29(4,5)37)32-28(33-27)31-25-18(2)34-36(19(25)3)23-11-13-35(14-12-23)22-9-10-22/h6-8,15-16,22-23,37H,9-14H2,1-5H3,(H2,30,31,32,33). The van der Waals surface area contributed by atoms with Crippen molar-refractivity contribution in [3.63, 3.8) is 0 Å². The molecular formula is C29H37N7OS. The first-order valence-corrected chi connectivity index (χ1v) is 14.5. The molecule has 0 unspecified atom stereocenters. The van der Waals surface area contributed by atoms with Crippen LogP contribution in [0.15, 0.2) is 29.6 Å². The van der Waals surface area contributed by atoms with Gasteiger partial charge in [0.2, 0.25) is 5.95 Å². The molecule has 9 heteroatoms. The van der Waals surface area contributed by atoms with Crippen LogP contribution in [-0.2, 0) is 5.60 Å². The predicted octanol–water partition coefficient (Wildman–Crippen LogP) is 6.33. The van der Waals surface area contributed by atoms with Gasteiger partial charge in [-0.05, 0) is 88.9 Å². The number of anilines is 4. The van der Waals surface area contributed by atoms with Crippen LogP contribution < -0.4 is 10.6 Å². The summed E-state index contributed by atoms with van der Waals surface area (Å²) in [5, 5.41) is 25.6. The predicted molar refractivity (Wildman–Crippen MR) is 155 cm³/mol. The highest BCUT2D eigenvalue weighted by atomic mass is 32.1. The third-order valence-electron chi connectivity index (χ3n) is 7.92. The number of aliphatic hydroxyl groups is 1. The van der Waals surface area contributed by atoms with E-state index in [0.29, 0.717) is 12.0 Å². The number of benzene rings is 1. The van der Waals surface area contributed by atoms with Crippen LogP contribution in [0.25, 0.3) is 10.2 Å². The third-order valence-corrected chi connectivity index (χ3v) is 8.91. The molecule has 2 aliphatic rings. The Kier molecular flexibility index (Phi) is 6.40. The van der Waals surface area contributed by atoms with Crippen LogP contribution in [0.4, 0.5) is 23.1 Å². The van der Waals surface area contributed by atoms with Crippen LogP contribution in [0, 0.1) is 20.8 Å². The molecule has 1 aliphatic heterocycles. The van der Waals surface area contributed by atoms with Crippen molar-refractivity contribution in [3.05, 3.63) is 52.2 Å². The summed E-state index contributed by atoms with van der Waals surface area (Å²) in [6.45, 7) is 12.2. The van der Waals surface area contributed by atoms with Crippen molar-refractivity contribution in [2.75, 3.05) is 23.7 Å². The lowest BCUT2D eigenvalue weighted by molar-refractivity contribution is 0.0786. The smallest absolute Gasteiger partial charge is 0.230 e. The second kappa shape index (κ2) is 9.63. The number of fused-ring (bicyclic) bond motifs is 1. The van der Waals surface area contributed by atoms with Crippen LogP contribution >= 0.6 is 11.3 Å². The zero-order valence-electron chi connectivity index (χ0n) is 22.9. The lowest BCUT2D eigenvalue weighted by Gasteiger charge is -2.32. The Morgan fingerprint density at radius 1 is 1.00 bits per heavy atom. The summed E-state index contributed by atoms with van der Waals surface area (Å²) < 4.78 is 2.22. The first-order chi connectivity index (χ1) is 18.2. The number of likely N-dealkylation sites (tertiary alicyclic amines) is 1. The van der Waals surface area contributed by atoms with Gasteiger partial charge in [-0.15, -0.1) is 11.3 Å². The minimum atomic E-state index is -0.923. The van der Waals surface area contributed by atoms with E-state index in [-0.39, 0.29) is 0 Å². The molecule has 4 aromatic rings. The van der Waals surface area contributed by atoms with Gasteiger partial charge in [0.25, 0.3) is 0 Å². The van der Waals surface area contributed by atoms with Gasteiger partial charge >= 0.3 is 0 Å². The Balaban J connectivity index is 1.28. The first-order valence-electron chi connectivity index (χ1n) is 13.6. The van der Waals surface area contributed by atoms with Crippen LogP contribution in [0.5, 0.6) is 0 Å². The first kappa shape index (κ1) is 25.3. The van der Waals surface area contributed by atoms with E-state index in [1.807, 2.05) is 24.3 Å². The molecule has 3 aromatic heterocycles. The normalized spacial score (nSPS) is 17.3. The number of piperidine rings is 1. The summed E-state index contributed by atoms with van der Waals surface area (Å²) in [6.07, 6.45) is 5.03. The number of hydrogen-bond acceptors (Lipinski definition) is 8. The zero-order valence-corrected chi connectivity index (χ0v) is 23.7. The van der Waals surface area contributed by atoms with E-state index >= 15 is 0 Å². The van der Waals surface area contributed by atoms with Crippen molar-refractivity contribution < 1.29 is 5.11 Å². The van der Waals surface area contributed by atoms with E-state index in [9.17, 15) is 5.11 Å². The van der Waals surface area contributed by atoms with E-state index in [0.717, 1.165) is 81.9 Å². The molecule has 2 fully saturated rings. The number of hydrogen-bond donors (Lipinski definition) is 3. The highest BCUT2D eigenvalue weighted by molar-refractivity contribution is 7.17. The molecule has 6 rings (SSSR count). The Labute approximate surface area is 228 Å². The lowest BCUT2D eigenvalue weighted by Crippen LogP contribution is -2.36. The van der Waals surface area contributed by atoms with Crippen molar-refractivity contribution in [3.8, 4) is 0 Å². The molecule has 1 aliphatic carbocycles. The summed E-state index contributed by atoms with van der Waals surface area (Å²) in [5.41, 5.74) is 5.01. The molecule has 1 saturated heterocycles. The molecule has 38 heavy (non-hydrogen) atoms. The van der Waals surface area contributed by atoms with Crippen LogP contribution in [0.1, 0.15) is 68.1 Å². The Bertz CT molecular complexity index is 1470. The molecule has 1 saturated carbocycles. The van der Waals surface area contributed by atoms with Gasteiger partial charge in [-0.2, -0.15) is 10.1 Å². The van der Waals surface area contributed by atoms with Gasteiger partial charge in [-0.3, -0.25) is 4.68 Å². The topological polar surface area (TPSA) is 91.1 Å². The van der Waals surface area contributed by atoms with Crippen molar-refractivity contribution in [2.24, 2.45) is 0 Å². The second-order valence-corrected chi connectivity index (χ2v) is 12.2. The molecule has 4 heterocycles. The van der Waals surface area contributed by atoms with Crippen molar-refractivity contribution in [1.82, 2.24) is 24.6 Å². The maximum absolute atomic E-state index is 10.5. The average Bonchev–Trinajstić information content (AvgIpc) is 3.62. The van der Waals surface area contributed by atoms with Gasteiger partial charge in [0.15, 0.2) is 0 Å². The molecule has 200 valence electrons. The van der Waals surface area contributed by atoms with Gasteiger partial charge in [-0.25, -0.2) is 4.98 Å². The molecule has 0 amide bonds. The van der Waals surface area contributed by atoms with Gasteiger partial charge in [0, 0.05) is 24.8 Å². The largest absolute Gasteiger partial charge is 0.386 e. The molecule has 0 spiro atoms. The maximum Gasteiger partial charge on any atom is 0.230 e. The molecule has 8 nitrogen and oxygen atoms in total. The fourth-order valence-corrected chi connectivity index (χ4v) is 6.51. The van der Waals surface area contributed by atoms with Gasteiger partial charge in [0.1, 0.15) is 10.6 Å². The molecule has 0 bridgehead atoms. The van der Waals surface area contributed by atoms with Crippen molar-refractivity contribution in [1.29, 1.82) is 0 Å². The lowest BCUT2D eigenvalue weighted by atomic mass is 9.98. The molecular weight excluding hydrogens is 494 g/mol. The molecule has 3 N–H and O–H groups in total. The number of thiophene rings is 1. The van der Waals surface area contributed by atoms with E-state index < -0.39 is 5.60 Å². The minimum absolute atomic E-state index is 0.433. The number of nitrogens with zero attached hydrogens (tertiary/aromatic N) is 5. The van der Waals surface area contributed by atoms with E-state index in [2.05, 4.69) is 46.4 Å². The second-order valence-electron chi connectivity index (χ2n) is 11.4. The van der Waals surface area contributed by atoms with Crippen LogP contribution in [0.2, 0.25) is 0 Å². The number of aromatic nitrogens is 4. The van der Waals surface area contributed by atoms with Crippen LogP contribution in [0.3, 0.4) is 0 Å². The Morgan fingerprint density at radius 3 is 2.47 bits per heavy atom. The van der Waals surface area contributed by atoms with E-state index in [1.54, 1.807) is 25.2 Å². The van der Waals surface area contributed by atoms with Gasteiger partial charge in [0.05, 0.1) is 34.1 Å². The maximum atomic E-state index is 10.5. The summed E-state index contributed by atoms with van der Waals surface area (Å²) in [4.78, 5) is 13.4. The SMILES string of the molecule is Cc1nn(C2CCN(C3CC3)CC2)c(C)c1Nc1nc(Nc2cccc(C(C)(C)O)c2)c2c(C)csc2n1. The summed E-state index contributed by atoms with van der Waals surface area (Å²) in [7, 11) is 0. The minimum Gasteiger partial charge on any atom is -0.386 e. The molecule has 0 atom stereocenters. The van der Waals surface area contributed by atoms with E-state index in [1.165, 1.54) is 12.8 Å². The van der Waals surface area contributed by atoms with Crippen molar-refractivity contribution in [2.45, 2.75) is 78.0 Å². The summed E-state index contributed by atoms with van der Waals surface area (Å²) in [6, 6.07) is 9.11. The fourth-order valence-electron chi connectivity index (χ4n) is 5.59. The van der Waals surface area contributed by atoms with Gasteiger partial charge < -0.3 is 20.6 Å². The average molecular weight is 532 g/mol. The zero-order chi connectivity index (χ0) is 26.6. The van der Waals surface area contributed by atoms with Gasteiger partial charge in [-0.1, -0.05) is 12.1 Å². The Morgan fingerprint density at radius 2 is 1.76 bits per heavy atom. The number of aryl methyl sites for hydroxylation is 2. The summed E-state index contributed by atoms with van der Waals surface area (Å²) in [5.74, 6) is 1.30.